The number of benzene rings is 1. The number of sulfonamides is 1. The van der Waals surface area contributed by atoms with Crippen molar-refractivity contribution in [1.29, 1.82) is 0 Å². The summed E-state index contributed by atoms with van der Waals surface area (Å²) in [5.74, 6) is -0.157. The minimum Gasteiger partial charge on any atom is -0.388 e. The zero-order valence-corrected chi connectivity index (χ0v) is 24.1. The average Bonchev–Trinajstić information content (AvgIpc) is 3.36. The van der Waals surface area contributed by atoms with Gasteiger partial charge in [-0.05, 0) is 56.6 Å². The summed E-state index contributed by atoms with van der Waals surface area (Å²) < 4.78 is 28.0. The molecule has 1 aromatic carbocycles. The molecule has 15 heteroatoms. The molecule has 3 amide bonds. The Balaban J connectivity index is 1.61. The van der Waals surface area contributed by atoms with E-state index in [1.807, 2.05) is 23.7 Å². The zero-order valence-electron chi connectivity index (χ0n) is 21.7. The number of thiophene rings is 1. The first-order chi connectivity index (χ1) is 19.0. The van der Waals surface area contributed by atoms with Gasteiger partial charge in [-0.15, -0.1) is 11.3 Å². The molecule has 0 aliphatic heterocycles. The van der Waals surface area contributed by atoms with Gasteiger partial charge < -0.3 is 20.9 Å². The Bertz CT molecular complexity index is 1730. The number of anilines is 2. The Morgan fingerprint density at radius 3 is 2.45 bits per heavy atom. The number of carbonyl (C=O) groups is 2. The molecule has 0 radical (unpaired) electrons. The number of amides is 3. The monoisotopic (exact) mass is 603 g/mol. The first-order valence-corrected chi connectivity index (χ1v) is 14.5. The summed E-state index contributed by atoms with van der Waals surface area (Å²) in [7, 11) is 1.43. The minimum atomic E-state index is -4.10. The van der Waals surface area contributed by atoms with Crippen LogP contribution < -0.4 is 26.2 Å². The van der Waals surface area contributed by atoms with Crippen LogP contribution in [-0.4, -0.2) is 69.0 Å². The van der Waals surface area contributed by atoms with Gasteiger partial charge in [-0.25, -0.2) is 22.9 Å². The van der Waals surface area contributed by atoms with Crippen LogP contribution >= 0.6 is 22.9 Å². The van der Waals surface area contributed by atoms with Crippen molar-refractivity contribution in [3.05, 3.63) is 75.1 Å². The van der Waals surface area contributed by atoms with Crippen LogP contribution in [0.5, 0.6) is 0 Å². The number of pyridine rings is 2. The van der Waals surface area contributed by atoms with Crippen LogP contribution in [0.4, 0.5) is 16.2 Å². The Hall–Kier alpha value is -3.98. The van der Waals surface area contributed by atoms with Gasteiger partial charge in [0.1, 0.15) is 10.0 Å². The van der Waals surface area contributed by atoms with Crippen molar-refractivity contribution in [2.75, 3.05) is 44.9 Å². The lowest BCUT2D eigenvalue weighted by atomic mass is 10.1. The smallest absolute Gasteiger partial charge is 0.333 e. The van der Waals surface area contributed by atoms with E-state index in [0.717, 1.165) is 17.0 Å². The summed E-state index contributed by atoms with van der Waals surface area (Å²) in [5.41, 5.74) is 0.805. The van der Waals surface area contributed by atoms with Crippen molar-refractivity contribution in [2.45, 2.75) is 4.21 Å². The summed E-state index contributed by atoms with van der Waals surface area (Å²) in [4.78, 5) is 45.0. The number of halogens is 1. The highest BCUT2D eigenvalue weighted by Crippen LogP contribution is 2.25. The molecule has 0 bridgehead atoms. The zero-order chi connectivity index (χ0) is 29.0. The highest BCUT2D eigenvalue weighted by molar-refractivity contribution is 7.92. The van der Waals surface area contributed by atoms with E-state index in [2.05, 4.69) is 20.9 Å². The topological polar surface area (TPSA) is 155 Å². The third kappa shape index (κ3) is 6.59. The molecule has 210 valence electrons. The SMILES string of the molecule is CNc1ccc2c(=O)n(-c3ccc(NC(=O)NS(=O)(=O)c4ccc(Cl)s4)cn3)cc(C(=O)NCCN(C)C)c2c1. The Morgan fingerprint density at radius 1 is 1.07 bits per heavy atom. The standard InChI is InChI=1S/C25H26ClN7O5S2/c1-27-15-4-6-17-18(12-15)19(23(34)28-10-11-32(2)3)14-33(24(17)35)21-8-5-16(13-29-21)30-25(36)31-40(37,38)22-9-7-20(26)39-22/h4-9,12-14,27H,10-11H2,1-3H3,(H,28,34)(H2,30,31,36). The van der Waals surface area contributed by atoms with Crippen LogP contribution in [0, 0.1) is 0 Å². The molecule has 4 N–H and O–H groups in total. The molecule has 0 saturated heterocycles. The molecule has 3 aromatic heterocycles. The number of fused-ring (bicyclic) bond motifs is 1. The molecule has 4 rings (SSSR count). The number of nitrogens with one attached hydrogen (secondary N) is 4. The van der Waals surface area contributed by atoms with Crippen molar-refractivity contribution < 1.29 is 18.0 Å². The maximum atomic E-state index is 13.4. The predicted octanol–water partition coefficient (Wildman–Crippen LogP) is 2.94. The average molecular weight is 604 g/mol. The van der Waals surface area contributed by atoms with Crippen molar-refractivity contribution in [3.8, 4) is 5.82 Å². The van der Waals surface area contributed by atoms with Crippen LogP contribution in [0.15, 0.2) is 63.9 Å². The number of hydrogen-bond acceptors (Lipinski definition) is 9. The normalized spacial score (nSPS) is 11.4. The number of urea groups is 1. The molecule has 0 atom stereocenters. The quantitative estimate of drug-likeness (QED) is 0.228. The summed E-state index contributed by atoms with van der Waals surface area (Å²) in [5, 5.41) is 9.08. The minimum absolute atomic E-state index is 0.111. The van der Waals surface area contributed by atoms with E-state index >= 15 is 0 Å². The van der Waals surface area contributed by atoms with Gasteiger partial charge in [0, 0.05) is 42.8 Å². The van der Waals surface area contributed by atoms with E-state index < -0.39 is 21.6 Å². The van der Waals surface area contributed by atoms with E-state index in [4.69, 9.17) is 11.6 Å². The van der Waals surface area contributed by atoms with E-state index in [-0.39, 0.29) is 31.5 Å². The number of nitrogens with zero attached hydrogens (tertiary/aromatic N) is 3. The summed E-state index contributed by atoms with van der Waals surface area (Å²) in [6.07, 6.45) is 2.69. The fourth-order valence-electron chi connectivity index (χ4n) is 3.71. The van der Waals surface area contributed by atoms with Crippen LogP contribution in [-0.2, 0) is 10.0 Å². The molecule has 0 fully saturated rings. The Morgan fingerprint density at radius 2 is 1.82 bits per heavy atom. The molecular weight excluding hydrogens is 578 g/mol. The lowest BCUT2D eigenvalue weighted by molar-refractivity contribution is 0.0952. The third-order valence-corrected chi connectivity index (χ3v) is 8.74. The van der Waals surface area contributed by atoms with Gasteiger partial charge in [-0.2, -0.15) is 0 Å². The van der Waals surface area contributed by atoms with E-state index in [1.54, 1.807) is 25.2 Å². The van der Waals surface area contributed by atoms with E-state index in [0.29, 0.717) is 23.9 Å². The van der Waals surface area contributed by atoms with Gasteiger partial charge >= 0.3 is 6.03 Å². The van der Waals surface area contributed by atoms with Gasteiger partial charge in [0.25, 0.3) is 21.5 Å². The van der Waals surface area contributed by atoms with Gasteiger partial charge in [0.2, 0.25) is 0 Å². The summed E-state index contributed by atoms with van der Waals surface area (Å²) in [6, 6.07) is 9.72. The van der Waals surface area contributed by atoms with E-state index in [9.17, 15) is 22.8 Å². The first kappa shape index (κ1) is 29.0. The maximum Gasteiger partial charge on any atom is 0.333 e. The maximum absolute atomic E-state index is 13.4. The molecular formula is C25H26ClN7O5S2. The van der Waals surface area contributed by atoms with Gasteiger partial charge in [0.15, 0.2) is 0 Å². The van der Waals surface area contributed by atoms with Crippen molar-refractivity contribution in [2.24, 2.45) is 0 Å². The largest absolute Gasteiger partial charge is 0.388 e. The highest BCUT2D eigenvalue weighted by Gasteiger charge is 2.20. The van der Waals surface area contributed by atoms with Crippen molar-refractivity contribution in [3.63, 3.8) is 0 Å². The molecule has 4 aromatic rings. The molecule has 3 heterocycles. The van der Waals surface area contributed by atoms with Crippen molar-refractivity contribution in [1.82, 2.24) is 24.5 Å². The Labute approximate surface area is 239 Å². The van der Waals surface area contributed by atoms with E-state index in [1.165, 1.54) is 41.2 Å². The van der Waals surface area contributed by atoms with Crippen molar-refractivity contribution >= 4 is 67.0 Å². The Kier molecular flexibility index (Phi) is 8.73. The van der Waals surface area contributed by atoms with Gasteiger partial charge in [-0.3, -0.25) is 14.2 Å². The van der Waals surface area contributed by atoms with Crippen LogP contribution in [0.3, 0.4) is 0 Å². The summed E-state index contributed by atoms with van der Waals surface area (Å²) in [6.45, 7) is 1.05. The van der Waals surface area contributed by atoms with Crippen LogP contribution in [0.25, 0.3) is 16.6 Å². The molecule has 0 unspecified atom stereocenters. The van der Waals surface area contributed by atoms with Gasteiger partial charge in [0.05, 0.1) is 21.8 Å². The molecule has 0 saturated carbocycles. The number of aromatic nitrogens is 2. The second kappa shape index (κ2) is 12.0. The lowest BCUT2D eigenvalue weighted by Gasteiger charge is -2.15. The molecule has 0 aliphatic carbocycles. The summed E-state index contributed by atoms with van der Waals surface area (Å²) >= 11 is 6.59. The molecule has 12 nitrogen and oxygen atoms in total. The number of hydrogen-bond donors (Lipinski definition) is 4. The number of rotatable bonds is 9. The highest BCUT2D eigenvalue weighted by atomic mass is 35.5. The second-order valence-corrected chi connectivity index (χ2v) is 12.4. The lowest BCUT2D eigenvalue weighted by Crippen LogP contribution is -2.34. The fourth-order valence-corrected chi connectivity index (χ4v) is 6.10. The van der Waals surface area contributed by atoms with Crippen LogP contribution in [0.2, 0.25) is 4.34 Å². The number of likely N-dealkylation sites (N-methyl/N-ethyl adjacent to an activating group) is 1. The number of carbonyl (C=O) groups excluding carboxylic acids is 2. The van der Waals surface area contributed by atoms with Crippen LogP contribution in [0.1, 0.15) is 10.4 Å². The second-order valence-electron chi connectivity index (χ2n) is 8.81. The third-order valence-electron chi connectivity index (χ3n) is 5.69. The molecule has 0 spiro atoms. The first-order valence-electron chi connectivity index (χ1n) is 11.8. The van der Waals surface area contributed by atoms with Gasteiger partial charge in [-0.1, -0.05) is 11.6 Å². The fraction of sp³-hybridized carbons (Fsp3) is 0.200. The molecule has 0 aliphatic rings. The predicted molar refractivity (Wildman–Crippen MR) is 156 cm³/mol. The molecule has 40 heavy (non-hydrogen) atoms.